The molecular weight excluding hydrogens is 366 g/mol. The van der Waals surface area contributed by atoms with Gasteiger partial charge in [0.05, 0.1) is 23.5 Å². The number of hydrogen-bond acceptors (Lipinski definition) is 4. The molecule has 0 aliphatic rings. The van der Waals surface area contributed by atoms with E-state index in [9.17, 15) is 9.59 Å². The SMILES string of the molecule is CCCOc1ccccc1C=NNC(=O)CCC(=O)Nc1ccccc1Cl. The first-order valence-electron chi connectivity index (χ1n) is 8.68. The number of anilines is 1. The molecule has 2 aromatic carbocycles. The number of amides is 2. The highest BCUT2D eigenvalue weighted by Gasteiger charge is 2.08. The van der Waals surface area contributed by atoms with E-state index in [2.05, 4.69) is 15.8 Å². The third kappa shape index (κ3) is 7.11. The molecule has 6 nitrogen and oxygen atoms in total. The number of nitrogens with one attached hydrogen (secondary N) is 2. The van der Waals surface area contributed by atoms with Gasteiger partial charge in [-0.2, -0.15) is 5.10 Å². The zero-order valence-electron chi connectivity index (χ0n) is 15.1. The fraction of sp³-hybridized carbons (Fsp3) is 0.250. The van der Waals surface area contributed by atoms with Crippen LogP contribution < -0.4 is 15.5 Å². The molecule has 2 amide bonds. The quantitative estimate of drug-likeness (QED) is 0.504. The maximum Gasteiger partial charge on any atom is 0.240 e. The van der Waals surface area contributed by atoms with E-state index >= 15 is 0 Å². The number of benzene rings is 2. The standard InChI is InChI=1S/C20H22ClN3O3/c1-2-13-27-18-10-6-3-7-15(18)14-22-24-20(26)12-11-19(25)23-17-9-5-4-8-16(17)21/h3-10,14H,2,11-13H2,1H3,(H,23,25)(H,24,26). The summed E-state index contributed by atoms with van der Waals surface area (Å²) in [5.74, 6) is 0.0597. The third-order valence-electron chi connectivity index (χ3n) is 3.50. The molecule has 0 bridgehead atoms. The Kier molecular flexibility index (Phi) is 8.32. The number of ether oxygens (including phenoxy) is 1. The van der Waals surface area contributed by atoms with Crippen LogP contribution >= 0.6 is 11.6 Å². The summed E-state index contributed by atoms with van der Waals surface area (Å²) < 4.78 is 5.62. The number of hydrazone groups is 1. The van der Waals surface area contributed by atoms with Crippen molar-refractivity contribution in [2.24, 2.45) is 5.10 Å². The lowest BCUT2D eigenvalue weighted by Gasteiger charge is -2.07. The summed E-state index contributed by atoms with van der Waals surface area (Å²) in [6.07, 6.45) is 2.47. The van der Waals surface area contributed by atoms with Crippen LogP contribution in [0, 0.1) is 0 Å². The van der Waals surface area contributed by atoms with Crippen molar-refractivity contribution < 1.29 is 14.3 Å². The van der Waals surface area contributed by atoms with Gasteiger partial charge in [-0.05, 0) is 30.7 Å². The van der Waals surface area contributed by atoms with Gasteiger partial charge < -0.3 is 10.1 Å². The predicted octanol–water partition coefficient (Wildman–Crippen LogP) is 4.00. The molecular formula is C20H22ClN3O3. The molecule has 0 atom stereocenters. The number of carbonyl (C=O) groups excluding carboxylic acids is 2. The molecule has 0 saturated carbocycles. The second kappa shape index (κ2) is 11.0. The van der Waals surface area contributed by atoms with Crippen molar-refractivity contribution in [2.45, 2.75) is 26.2 Å². The molecule has 142 valence electrons. The number of para-hydroxylation sites is 2. The van der Waals surface area contributed by atoms with Crippen LogP contribution in [-0.2, 0) is 9.59 Å². The minimum absolute atomic E-state index is 0.0155. The average Bonchev–Trinajstić information content (AvgIpc) is 2.67. The smallest absolute Gasteiger partial charge is 0.240 e. The van der Waals surface area contributed by atoms with Crippen molar-refractivity contribution in [3.8, 4) is 5.75 Å². The minimum Gasteiger partial charge on any atom is -0.493 e. The second-order valence-corrected chi connectivity index (χ2v) is 6.11. The van der Waals surface area contributed by atoms with Crippen molar-refractivity contribution in [1.29, 1.82) is 0 Å². The van der Waals surface area contributed by atoms with E-state index in [1.54, 1.807) is 24.3 Å². The normalized spacial score (nSPS) is 10.6. The Morgan fingerprint density at radius 2 is 1.78 bits per heavy atom. The number of halogens is 1. The molecule has 0 aliphatic heterocycles. The topological polar surface area (TPSA) is 79.8 Å². The van der Waals surface area contributed by atoms with Crippen molar-refractivity contribution in [2.75, 3.05) is 11.9 Å². The maximum absolute atomic E-state index is 11.9. The first kappa shape index (κ1) is 20.5. The molecule has 0 fully saturated rings. The van der Waals surface area contributed by atoms with Crippen LogP contribution in [0.15, 0.2) is 53.6 Å². The van der Waals surface area contributed by atoms with Crippen molar-refractivity contribution in [1.82, 2.24) is 5.43 Å². The van der Waals surface area contributed by atoms with E-state index in [0.717, 1.165) is 12.0 Å². The molecule has 27 heavy (non-hydrogen) atoms. The number of hydrogen-bond donors (Lipinski definition) is 2. The van der Waals surface area contributed by atoms with Crippen molar-refractivity contribution in [3.05, 3.63) is 59.1 Å². The summed E-state index contributed by atoms with van der Waals surface area (Å²) in [7, 11) is 0. The Bertz CT molecular complexity index is 809. The van der Waals surface area contributed by atoms with Crippen molar-refractivity contribution in [3.63, 3.8) is 0 Å². The zero-order chi connectivity index (χ0) is 19.5. The van der Waals surface area contributed by atoms with Crippen LogP contribution in [0.1, 0.15) is 31.7 Å². The number of carbonyl (C=O) groups is 2. The van der Waals surface area contributed by atoms with Gasteiger partial charge in [-0.3, -0.25) is 9.59 Å². The van der Waals surface area contributed by atoms with Gasteiger partial charge >= 0.3 is 0 Å². The molecule has 2 N–H and O–H groups in total. The summed E-state index contributed by atoms with van der Waals surface area (Å²) in [6.45, 7) is 2.64. The Labute approximate surface area is 163 Å². The summed E-state index contributed by atoms with van der Waals surface area (Å²) in [5.41, 5.74) is 3.70. The molecule has 2 rings (SSSR count). The van der Waals surface area contributed by atoms with Gasteiger partial charge in [-0.15, -0.1) is 0 Å². The van der Waals surface area contributed by atoms with Gasteiger partial charge in [0.15, 0.2) is 0 Å². The second-order valence-electron chi connectivity index (χ2n) is 5.71. The molecule has 0 spiro atoms. The zero-order valence-corrected chi connectivity index (χ0v) is 15.8. The van der Waals surface area contributed by atoms with Gasteiger partial charge in [0.25, 0.3) is 0 Å². The van der Waals surface area contributed by atoms with Crippen LogP contribution in [0.5, 0.6) is 5.75 Å². The summed E-state index contributed by atoms with van der Waals surface area (Å²) in [5, 5.41) is 7.05. The largest absolute Gasteiger partial charge is 0.493 e. The van der Waals surface area contributed by atoms with Gasteiger partial charge in [-0.1, -0.05) is 42.8 Å². The van der Waals surface area contributed by atoms with Crippen LogP contribution in [-0.4, -0.2) is 24.6 Å². The van der Waals surface area contributed by atoms with Crippen molar-refractivity contribution >= 4 is 35.3 Å². The third-order valence-corrected chi connectivity index (χ3v) is 3.83. The van der Waals surface area contributed by atoms with E-state index in [-0.39, 0.29) is 24.7 Å². The van der Waals surface area contributed by atoms with Gasteiger partial charge in [0, 0.05) is 18.4 Å². The van der Waals surface area contributed by atoms with E-state index in [4.69, 9.17) is 16.3 Å². The fourth-order valence-electron chi connectivity index (χ4n) is 2.16. The fourth-order valence-corrected chi connectivity index (χ4v) is 2.35. The van der Waals surface area contributed by atoms with E-state index in [0.29, 0.717) is 23.1 Å². The Morgan fingerprint density at radius 3 is 2.56 bits per heavy atom. The Morgan fingerprint density at radius 1 is 1.07 bits per heavy atom. The van der Waals surface area contributed by atoms with E-state index in [1.807, 2.05) is 31.2 Å². The molecule has 0 aromatic heterocycles. The van der Waals surface area contributed by atoms with Crippen LogP contribution in [0.25, 0.3) is 0 Å². The van der Waals surface area contributed by atoms with Crippen LogP contribution in [0.4, 0.5) is 5.69 Å². The highest BCUT2D eigenvalue weighted by atomic mass is 35.5. The molecule has 0 saturated heterocycles. The molecule has 0 heterocycles. The maximum atomic E-state index is 11.9. The van der Waals surface area contributed by atoms with Gasteiger partial charge in [-0.25, -0.2) is 5.43 Å². The Hall–Kier alpha value is -2.86. The van der Waals surface area contributed by atoms with Crippen LogP contribution in [0.3, 0.4) is 0 Å². The monoisotopic (exact) mass is 387 g/mol. The molecule has 0 aliphatic carbocycles. The first-order valence-corrected chi connectivity index (χ1v) is 9.06. The summed E-state index contributed by atoms with van der Waals surface area (Å²) in [6, 6.07) is 14.3. The summed E-state index contributed by atoms with van der Waals surface area (Å²) >= 11 is 5.98. The van der Waals surface area contributed by atoms with Gasteiger partial charge in [0.2, 0.25) is 11.8 Å². The number of nitrogens with zero attached hydrogens (tertiary/aromatic N) is 1. The van der Waals surface area contributed by atoms with E-state index < -0.39 is 0 Å². The molecule has 0 radical (unpaired) electrons. The highest BCUT2D eigenvalue weighted by molar-refractivity contribution is 6.33. The average molecular weight is 388 g/mol. The van der Waals surface area contributed by atoms with Gasteiger partial charge in [0.1, 0.15) is 5.75 Å². The summed E-state index contributed by atoms with van der Waals surface area (Å²) in [4.78, 5) is 23.8. The lowest BCUT2D eigenvalue weighted by molar-refractivity contribution is -0.124. The number of rotatable bonds is 9. The minimum atomic E-state index is -0.354. The highest BCUT2D eigenvalue weighted by Crippen LogP contribution is 2.20. The predicted molar refractivity (Wildman–Crippen MR) is 107 cm³/mol. The Balaban J connectivity index is 1.78. The molecule has 7 heteroatoms. The molecule has 0 unspecified atom stereocenters. The lowest BCUT2D eigenvalue weighted by atomic mass is 10.2. The first-order chi connectivity index (χ1) is 13.1. The van der Waals surface area contributed by atoms with E-state index in [1.165, 1.54) is 6.21 Å². The van der Waals surface area contributed by atoms with Crippen LogP contribution in [0.2, 0.25) is 5.02 Å². The molecule has 2 aromatic rings. The lowest BCUT2D eigenvalue weighted by Crippen LogP contribution is -2.20.